The SMILES string of the molecule is CC1=NN(C(=O)c2ccccc2Br)[C@@](O)(C(F)(F)OC(F)(F)F)C1. The maximum atomic E-state index is 13.9. The summed E-state index contributed by atoms with van der Waals surface area (Å²) in [7, 11) is 0. The van der Waals surface area contributed by atoms with E-state index in [1.165, 1.54) is 31.2 Å². The molecule has 0 aliphatic carbocycles. The van der Waals surface area contributed by atoms with Crippen LogP contribution in [0.5, 0.6) is 0 Å². The molecule has 2 rings (SSSR count). The second-order valence-electron chi connectivity index (χ2n) is 4.99. The van der Waals surface area contributed by atoms with Crippen molar-refractivity contribution < 1.29 is 36.6 Å². The largest absolute Gasteiger partial charge is 0.527 e. The van der Waals surface area contributed by atoms with Crippen LogP contribution >= 0.6 is 15.9 Å². The van der Waals surface area contributed by atoms with E-state index in [1.807, 2.05) is 0 Å². The molecule has 0 radical (unpaired) electrons. The molecule has 132 valence electrons. The van der Waals surface area contributed by atoms with Crippen LogP contribution in [0.1, 0.15) is 23.7 Å². The quantitative estimate of drug-likeness (QED) is 0.767. The number of hydrazone groups is 1. The lowest BCUT2D eigenvalue weighted by atomic mass is 10.1. The Morgan fingerprint density at radius 3 is 2.46 bits per heavy atom. The van der Waals surface area contributed by atoms with E-state index in [1.54, 1.807) is 0 Å². The minimum atomic E-state index is -5.72. The van der Waals surface area contributed by atoms with E-state index in [9.17, 15) is 31.9 Å². The van der Waals surface area contributed by atoms with Gasteiger partial charge >= 0.3 is 12.5 Å². The fourth-order valence-electron chi connectivity index (χ4n) is 2.14. The van der Waals surface area contributed by atoms with Crippen LogP contribution in [0.2, 0.25) is 0 Å². The summed E-state index contributed by atoms with van der Waals surface area (Å²) >= 11 is 3.02. The van der Waals surface area contributed by atoms with Crippen molar-refractivity contribution >= 4 is 27.5 Å². The number of hydrogen-bond donors (Lipinski definition) is 1. The predicted molar refractivity (Wildman–Crippen MR) is 75.1 cm³/mol. The van der Waals surface area contributed by atoms with Gasteiger partial charge in [-0.25, -0.2) is 4.74 Å². The zero-order valence-electron chi connectivity index (χ0n) is 11.9. The summed E-state index contributed by atoms with van der Waals surface area (Å²) in [6.45, 7) is 1.18. The Hall–Kier alpha value is -1.59. The molecule has 1 N–H and O–H groups in total. The molecule has 1 heterocycles. The Morgan fingerprint density at radius 2 is 1.92 bits per heavy atom. The van der Waals surface area contributed by atoms with Crippen LogP contribution in [0.25, 0.3) is 0 Å². The molecule has 5 nitrogen and oxygen atoms in total. The van der Waals surface area contributed by atoms with Gasteiger partial charge in [-0.15, -0.1) is 13.2 Å². The summed E-state index contributed by atoms with van der Waals surface area (Å²) in [6, 6.07) is 5.60. The first-order valence-electron chi connectivity index (χ1n) is 6.38. The number of carbonyl (C=O) groups excluding carboxylic acids is 1. The molecule has 1 aromatic carbocycles. The van der Waals surface area contributed by atoms with Gasteiger partial charge in [0.15, 0.2) is 0 Å². The molecule has 1 amide bonds. The first-order valence-corrected chi connectivity index (χ1v) is 7.17. The highest BCUT2D eigenvalue weighted by Crippen LogP contribution is 2.44. The molecule has 1 aliphatic rings. The third-order valence-corrected chi connectivity index (χ3v) is 3.82. The van der Waals surface area contributed by atoms with Crippen LogP contribution in [0.3, 0.4) is 0 Å². The molecule has 0 bridgehead atoms. The lowest BCUT2D eigenvalue weighted by Crippen LogP contribution is -2.61. The molecular weight excluding hydrogens is 407 g/mol. The summed E-state index contributed by atoms with van der Waals surface area (Å²) in [6.07, 6.45) is -11.9. The molecular formula is C13H10BrF5N2O3. The number of alkyl halides is 5. The Balaban J connectivity index is 2.44. The van der Waals surface area contributed by atoms with Gasteiger partial charge in [-0.05, 0) is 35.0 Å². The third-order valence-electron chi connectivity index (χ3n) is 3.13. The van der Waals surface area contributed by atoms with Gasteiger partial charge in [-0.1, -0.05) is 12.1 Å². The van der Waals surface area contributed by atoms with Gasteiger partial charge in [0.2, 0.25) is 0 Å². The lowest BCUT2D eigenvalue weighted by Gasteiger charge is -2.36. The average molecular weight is 417 g/mol. The monoisotopic (exact) mass is 416 g/mol. The van der Waals surface area contributed by atoms with Gasteiger partial charge in [0, 0.05) is 16.6 Å². The second kappa shape index (κ2) is 6.05. The minimum Gasteiger partial charge on any atom is -0.362 e. The summed E-state index contributed by atoms with van der Waals surface area (Å²) in [5.74, 6) is -1.22. The van der Waals surface area contributed by atoms with Crippen LogP contribution in [0.4, 0.5) is 22.0 Å². The number of rotatable bonds is 3. The van der Waals surface area contributed by atoms with Crippen molar-refractivity contribution in [3.63, 3.8) is 0 Å². The number of benzene rings is 1. The molecule has 11 heteroatoms. The summed E-state index contributed by atoms with van der Waals surface area (Å²) in [4.78, 5) is 12.4. The van der Waals surface area contributed by atoms with Crippen molar-refractivity contribution in [1.82, 2.24) is 5.01 Å². The maximum absolute atomic E-state index is 13.9. The Bertz CT molecular complexity index is 694. The molecule has 0 fully saturated rings. The zero-order valence-corrected chi connectivity index (χ0v) is 13.5. The molecule has 0 aromatic heterocycles. The first-order chi connectivity index (χ1) is 10.9. The number of nitrogens with zero attached hydrogens (tertiary/aromatic N) is 2. The molecule has 0 saturated heterocycles. The smallest absolute Gasteiger partial charge is 0.362 e. The molecule has 1 aliphatic heterocycles. The minimum absolute atomic E-state index is 0.0891. The van der Waals surface area contributed by atoms with Crippen molar-refractivity contribution in [3.05, 3.63) is 34.3 Å². The van der Waals surface area contributed by atoms with Crippen molar-refractivity contribution in [2.75, 3.05) is 0 Å². The van der Waals surface area contributed by atoms with Gasteiger partial charge < -0.3 is 5.11 Å². The van der Waals surface area contributed by atoms with Crippen LogP contribution in [0.15, 0.2) is 33.8 Å². The van der Waals surface area contributed by atoms with Gasteiger partial charge in [0.1, 0.15) is 0 Å². The van der Waals surface area contributed by atoms with Crippen molar-refractivity contribution in [2.24, 2.45) is 5.10 Å². The predicted octanol–water partition coefficient (Wildman–Crippen LogP) is 3.49. The van der Waals surface area contributed by atoms with Crippen LogP contribution in [-0.2, 0) is 4.74 Å². The third kappa shape index (κ3) is 3.42. The van der Waals surface area contributed by atoms with Crippen LogP contribution in [0, 0.1) is 0 Å². The fraction of sp³-hybridized carbons (Fsp3) is 0.385. The standard InChI is InChI=1S/C13H10BrF5N2O3/c1-7-6-11(23,12(15,16)24-13(17,18)19)21(20-7)10(22)8-4-2-3-5-9(8)14/h2-5,23H,6H2,1H3/t11-/m0/s1. The molecule has 24 heavy (non-hydrogen) atoms. The maximum Gasteiger partial charge on any atom is 0.527 e. The Morgan fingerprint density at radius 1 is 1.33 bits per heavy atom. The van der Waals surface area contributed by atoms with Crippen molar-refractivity contribution in [1.29, 1.82) is 0 Å². The van der Waals surface area contributed by atoms with Crippen LogP contribution in [-0.4, -0.2) is 39.9 Å². The lowest BCUT2D eigenvalue weighted by molar-refractivity contribution is -0.468. The van der Waals surface area contributed by atoms with Crippen molar-refractivity contribution in [3.8, 4) is 0 Å². The first kappa shape index (κ1) is 18.7. The summed E-state index contributed by atoms with van der Waals surface area (Å²) < 4.78 is 67.5. The molecule has 0 saturated carbocycles. The number of amides is 1. The zero-order chi connectivity index (χ0) is 18.3. The number of ether oxygens (including phenoxy) is 1. The Labute approximate surface area is 140 Å². The van der Waals surface area contributed by atoms with Crippen molar-refractivity contribution in [2.45, 2.75) is 31.5 Å². The van der Waals surface area contributed by atoms with Gasteiger partial charge in [0.25, 0.3) is 11.6 Å². The number of hydrogen-bond acceptors (Lipinski definition) is 4. The summed E-state index contributed by atoms with van der Waals surface area (Å²) in [5.41, 5.74) is -3.94. The molecule has 0 unspecified atom stereocenters. The molecule has 0 spiro atoms. The normalized spacial score (nSPS) is 21.8. The van der Waals surface area contributed by atoms with E-state index < -0.39 is 30.5 Å². The van der Waals surface area contributed by atoms with Gasteiger partial charge in [-0.2, -0.15) is 18.9 Å². The average Bonchev–Trinajstić information content (AvgIpc) is 2.73. The number of halogens is 6. The number of aliphatic hydroxyl groups is 1. The topological polar surface area (TPSA) is 62.1 Å². The van der Waals surface area contributed by atoms with E-state index in [0.717, 1.165) is 0 Å². The van der Waals surface area contributed by atoms with Gasteiger partial charge in [0.05, 0.1) is 5.56 Å². The van der Waals surface area contributed by atoms with E-state index in [-0.39, 0.29) is 20.8 Å². The summed E-state index contributed by atoms with van der Waals surface area (Å²) in [5, 5.41) is 13.5. The van der Waals surface area contributed by atoms with Crippen LogP contribution < -0.4 is 0 Å². The second-order valence-corrected chi connectivity index (χ2v) is 5.84. The van der Waals surface area contributed by atoms with E-state index in [2.05, 4.69) is 25.8 Å². The highest BCUT2D eigenvalue weighted by atomic mass is 79.9. The number of carbonyl (C=O) groups is 1. The van der Waals surface area contributed by atoms with E-state index in [0.29, 0.717) is 0 Å². The van der Waals surface area contributed by atoms with Gasteiger partial charge in [-0.3, -0.25) is 4.79 Å². The fourth-order valence-corrected chi connectivity index (χ4v) is 2.59. The highest BCUT2D eigenvalue weighted by Gasteiger charge is 2.66. The van der Waals surface area contributed by atoms with E-state index in [4.69, 9.17) is 0 Å². The highest BCUT2D eigenvalue weighted by molar-refractivity contribution is 9.10. The molecule has 1 atom stereocenters. The van der Waals surface area contributed by atoms with E-state index >= 15 is 0 Å². The Kier molecular flexibility index (Phi) is 4.72. The molecule has 1 aromatic rings.